The maximum Gasteiger partial charge on any atom is 0.0570 e. The van der Waals surface area contributed by atoms with Crippen LogP contribution < -0.4 is 5.32 Å². The van der Waals surface area contributed by atoms with Crippen molar-refractivity contribution >= 4 is 27.3 Å². The van der Waals surface area contributed by atoms with Crippen LogP contribution in [0.25, 0.3) is 0 Å². The number of hydrogen-bond acceptors (Lipinski definition) is 3. The fourth-order valence-corrected chi connectivity index (χ4v) is 3.15. The van der Waals surface area contributed by atoms with Crippen molar-refractivity contribution in [1.29, 1.82) is 0 Å². The first kappa shape index (κ1) is 12.7. The van der Waals surface area contributed by atoms with E-state index >= 15 is 0 Å². The van der Waals surface area contributed by atoms with Crippen LogP contribution in [0.3, 0.4) is 0 Å². The van der Waals surface area contributed by atoms with Crippen molar-refractivity contribution < 1.29 is 0 Å². The molecule has 1 N–H and O–H groups in total. The molecule has 0 aliphatic heterocycles. The highest BCUT2D eigenvalue weighted by atomic mass is 79.9. The number of halogens is 1. The molecule has 2 nitrogen and oxygen atoms in total. The van der Waals surface area contributed by atoms with Crippen molar-refractivity contribution in [3.05, 3.63) is 50.4 Å². The number of hydrogen-bond donors (Lipinski definition) is 1. The largest absolute Gasteiger partial charge is 0.304 e. The van der Waals surface area contributed by atoms with E-state index in [4.69, 9.17) is 0 Å². The summed E-state index contributed by atoms with van der Waals surface area (Å²) in [6.07, 6.45) is 1.83. The lowest BCUT2D eigenvalue weighted by atomic mass is 10.2. The molecule has 0 amide bonds. The highest BCUT2D eigenvalue weighted by Crippen LogP contribution is 2.26. The molecule has 4 heteroatoms. The van der Waals surface area contributed by atoms with Crippen LogP contribution >= 0.6 is 27.3 Å². The van der Waals surface area contributed by atoms with Crippen molar-refractivity contribution in [3.8, 4) is 0 Å². The van der Waals surface area contributed by atoms with Gasteiger partial charge in [-0.3, -0.25) is 4.98 Å². The van der Waals surface area contributed by atoms with Gasteiger partial charge in [-0.05, 0) is 48.0 Å². The summed E-state index contributed by atoms with van der Waals surface area (Å²) in [5.74, 6) is 0. The van der Waals surface area contributed by atoms with Gasteiger partial charge in [-0.25, -0.2) is 0 Å². The van der Waals surface area contributed by atoms with Crippen LogP contribution in [0.2, 0.25) is 0 Å². The zero-order chi connectivity index (χ0) is 12.3. The van der Waals surface area contributed by atoms with E-state index in [2.05, 4.69) is 46.1 Å². The van der Waals surface area contributed by atoms with Gasteiger partial charge in [0.15, 0.2) is 0 Å². The summed E-state index contributed by atoms with van der Waals surface area (Å²) >= 11 is 5.36. The van der Waals surface area contributed by atoms with Gasteiger partial charge >= 0.3 is 0 Å². The lowest BCUT2D eigenvalue weighted by Crippen LogP contribution is -2.18. The van der Waals surface area contributed by atoms with E-state index in [0.29, 0.717) is 0 Å². The second-order valence-corrected chi connectivity index (χ2v) is 6.17. The van der Waals surface area contributed by atoms with E-state index in [1.165, 1.54) is 14.2 Å². The van der Waals surface area contributed by atoms with Crippen molar-refractivity contribution in [2.24, 2.45) is 0 Å². The Morgan fingerprint density at radius 3 is 2.88 bits per heavy atom. The number of pyridine rings is 1. The summed E-state index contributed by atoms with van der Waals surface area (Å²) in [7, 11) is 0. The third kappa shape index (κ3) is 3.37. The quantitative estimate of drug-likeness (QED) is 0.921. The van der Waals surface area contributed by atoms with Crippen LogP contribution in [0, 0.1) is 6.92 Å². The third-order valence-electron chi connectivity index (χ3n) is 2.62. The van der Waals surface area contributed by atoms with Crippen molar-refractivity contribution in [2.75, 3.05) is 0 Å². The second kappa shape index (κ2) is 5.76. The lowest BCUT2D eigenvalue weighted by molar-refractivity contribution is 0.565. The minimum absolute atomic E-state index is 0.275. The average molecular weight is 311 g/mol. The van der Waals surface area contributed by atoms with Gasteiger partial charge in [0.05, 0.1) is 5.69 Å². The van der Waals surface area contributed by atoms with E-state index < -0.39 is 0 Å². The van der Waals surface area contributed by atoms with Gasteiger partial charge in [0.2, 0.25) is 0 Å². The summed E-state index contributed by atoms with van der Waals surface area (Å²) in [5.41, 5.74) is 1.08. The fourth-order valence-electron chi connectivity index (χ4n) is 1.60. The third-order valence-corrected chi connectivity index (χ3v) is 4.76. The van der Waals surface area contributed by atoms with Crippen molar-refractivity contribution in [3.63, 3.8) is 0 Å². The van der Waals surface area contributed by atoms with Crippen LogP contribution in [0.1, 0.15) is 28.4 Å². The summed E-state index contributed by atoms with van der Waals surface area (Å²) < 4.78 is 1.20. The molecule has 1 atom stereocenters. The minimum Gasteiger partial charge on any atom is -0.304 e. The van der Waals surface area contributed by atoms with Crippen LogP contribution in [0.4, 0.5) is 0 Å². The summed E-state index contributed by atoms with van der Waals surface area (Å²) in [5, 5.41) is 3.48. The van der Waals surface area contributed by atoms with Crippen molar-refractivity contribution in [2.45, 2.75) is 26.4 Å². The molecule has 1 unspecified atom stereocenters. The number of rotatable bonds is 4. The fraction of sp³-hybridized carbons (Fsp3) is 0.308. The van der Waals surface area contributed by atoms with Crippen LogP contribution in [-0.4, -0.2) is 4.98 Å². The molecule has 2 rings (SSSR count). The molecular weight excluding hydrogens is 296 g/mol. The van der Waals surface area contributed by atoms with Crippen molar-refractivity contribution in [1.82, 2.24) is 10.3 Å². The van der Waals surface area contributed by atoms with Gasteiger partial charge in [-0.15, -0.1) is 11.3 Å². The molecule has 0 saturated heterocycles. The molecule has 2 aromatic rings. The smallest absolute Gasteiger partial charge is 0.0570 e. The first-order valence-corrected chi connectivity index (χ1v) is 7.17. The Kier molecular flexibility index (Phi) is 4.31. The molecular formula is C13H15BrN2S. The lowest BCUT2D eigenvalue weighted by Gasteiger charge is -2.11. The first-order valence-electron chi connectivity index (χ1n) is 5.56. The van der Waals surface area contributed by atoms with E-state index in [1.54, 1.807) is 0 Å². The predicted molar refractivity (Wildman–Crippen MR) is 76.2 cm³/mol. The SMILES string of the molecule is Cc1sc(CNC(C)c2ccccn2)cc1Br. The second-order valence-electron chi connectivity index (χ2n) is 3.97. The average Bonchev–Trinajstić information content (AvgIpc) is 2.67. The van der Waals surface area contributed by atoms with Gasteiger partial charge in [0, 0.05) is 33.0 Å². The Labute approximate surface area is 114 Å². The zero-order valence-corrected chi connectivity index (χ0v) is 12.3. The van der Waals surface area contributed by atoms with Crippen LogP contribution in [0.15, 0.2) is 34.9 Å². The summed E-state index contributed by atoms with van der Waals surface area (Å²) in [6, 6.07) is 8.46. The standard InChI is InChI=1S/C13H15BrN2S/c1-9(13-5-3-4-6-15-13)16-8-11-7-12(14)10(2)17-11/h3-7,9,16H,8H2,1-2H3. The number of nitrogens with zero attached hydrogens (tertiary/aromatic N) is 1. The van der Waals surface area contributed by atoms with Gasteiger partial charge in [-0.1, -0.05) is 6.07 Å². The molecule has 90 valence electrons. The van der Waals surface area contributed by atoms with E-state index in [1.807, 2.05) is 35.7 Å². The highest BCUT2D eigenvalue weighted by molar-refractivity contribution is 9.10. The minimum atomic E-state index is 0.275. The molecule has 2 heterocycles. The number of thiophene rings is 1. The Bertz CT molecular complexity index is 462. The van der Waals surface area contributed by atoms with Gasteiger partial charge in [-0.2, -0.15) is 0 Å². The number of aromatic nitrogens is 1. The molecule has 0 radical (unpaired) electrons. The zero-order valence-electron chi connectivity index (χ0n) is 9.90. The van der Waals surface area contributed by atoms with Gasteiger partial charge in [0.25, 0.3) is 0 Å². The van der Waals surface area contributed by atoms with Gasteiger partial charge < -0.3 is 5.32 Å². The topological polar surface area (TPSA) is 24.9 Å². The molecule has 0 aliphatic carbocycles. The van der Waals surface area contributed by atoms with Crippen LogP contribution in [-0.2, 0) is 6.54 Å². The normalized spacial score (nSPS) is 12.6. The Balaban J connectivity index is 1.94. The Morgan fingerprint density at radius 1 is 1.47 bits per heavy atom. The highest BCUT2D eigenvalue weighted by Gasteiger charge is 2.07. The Hall–Kier alpha value is -0.710. The monoisotopic (exact) mass is 310 g/mol. The van der Waals surface area contributed by atoms with E-state index in [9.17, 15) is 0 Å². The summed E-state index contributed by atoms with van der Waals surface area (Å²) in [6.45, 7) is 5.15. The number of nitrogens with one attached hydrogen (secondary N) is 1. The molecule has 0 bridgehead atoms. The first-order chi connectivity index (χ1) is 8.16. The predicted octanol–water partition coefficient (Wildman–Crippen LogP) is 4.06. The molecule has 2 aromatic heterocycles. The Morgan fingerprint density at radius 2 is 2.29 bits per heavy atom. The molecule has 0 fully saturated rings. The van der Waals surface area contributed by atoms with E-state index in [0.717, 1.165) is 12.2 Å². The molecule has 0 saturated carbocycles. The summed E-state index contributed by atoms with van der Waals surface area (Å²) in [4.78, 5) is 7.02. The molecule has 0 aromatic carbocycles. The maximum atomic E-state index is 4.35. The molecule has 0 spiro atoms. The molecule has 0 aliphatic rings. The van der Waals surface area contributed by atoms with Gasteiger partial charge in [0.1, 0.15) is 0 Å². The van der Waals surface area contributed by atoms with E-state index in [-0.39, 0.29) is 6.04 Å². The maximum absolute atomic E-state index is 4.35. The number of aryl methyl sites for hydroxylation is 1. The molecule has 17 heavy (non-hydrogen) atoms. The van der Waals surface area contributed by atoms with Crippen LogP contribution in [0.5, 0.6) is 0 Å².